The number of carbonyl (C=O) groups is 2. The molecule has 12 nitrogen and oxygen atoms in total. The molecule has 1 saturated heterocycles. The average molecular weight is 473 g/mol. The van der Waals surface area contributed by atoms with Crippen molar-refractivity contribution in [3.8, 4) is 22.6 Å². The Hall–Kier alpha value is -3.97. The third-order valence-corrected chi connectivity index (χ3v) is 5.31. The van der Waals surface area contributed by atoms with E-state index in [4.69, 9.17) is 24.7 Å². The van der Waals surface area contributed by atoms with Crippen LogP contribution in [0.15, 0.2) is 51.7 Å². The number of hydrogen-bond acceptors (Lipinski definition) is 10. The third-order valence-electron chi connectivity index (χ3n) is 5.31. The smallest absolute Gasteiger partial charge is 0.335 e. The van der Waals surface area contributed by atoms with Crippen LogP contribution in [0, 0.1) is 0 Å². The molecule has 0 saturated carbocycles. The first-order valence-corrected chi connectivity index (χ1v) is 9.87. The summed E-state index contributed by atoms with van der Waals surface area (Å²) < 4.78 is 16.1. The molecule has 0 bridgehead atoms. The Morgan fingerprint density at radius 1 is 0.971 bits per heavy atom. The molecule has 5 atom stereocenters. The molecule has 2 heterocycles. The van der Waals surface area contributed by atoms with Crippen molar-refractivity contribution in [2.45, 2.75) is 30.7 Å². The number of aliphatic carboxylic acids is 1. The number of amides is 1. The number of aromatic hydroxyl groups is 1. The summed E-state index contributed by atoms with van der Waals surface area (Å²) in [7, 11) is 0. The molecule has 0 unspecified atom stereocenters. The van der Waals surface area contributed by atoms with Gasteiger partial charge in [-0.05, 0) is 29.8 Å². The summed E-state index contributed by atoms with van der Waals surface area (Å²) in [6, 6.07) is 9.27. The first-order valence-electron chi connectivity index (χ1n) is 9.87. The lowest BCUT2D eigenvalue weighted by atomic mass is 9.99. The summed E-state index contributed by atoms with van der Waals surface area (Å²) in [5.74, 6) is -3.17. The van der Waals surface area contributed by atoms with Gasteiger partial charge in [-0.25, -0.2) is 4.79 Å². The number of carboxylic acid groups (broad SMARTS) is 1. The number of nitrogens with two attached hydrogens (primary N) is 1. The molecule has 0 aliphatic carbocycles. The van der Waals surface area contributed by atoms with E-state index in [1.807, 2.05) is 0 Å². The number of ether oxygens (including phenoxy) is 2. The van der Waals surface area contributed by atoms with Gasteiger partial charge >= 0.3 is 5.97 Å². The number of fused-ring (bicyclic) bond motifs is 1. The van der Waals surface area contributed by atoms with Crippen LogP contribution in [0.1, 0.15) is 10.6 Å². The van der Waals surface area contributed by atoms with Crippen LogP contribution in [-0.4, -0.2) is 68.1 Å². The van der Waals surface area contributed by atoms with E-state index < -0.39 is 53.8 Å². The summed E-state index contributed by atoms with van der Waals surface area (Å²) in [5, 5.41) is 48.5. The van der Waals surface area contributed by atoms with Crippen molar-refractivity contribution in [1.82, 2.24) is 0 Å². The second-order valence-electron chi connectivity index (χ2n) is 7.56. The van der Waals surface area contributed by atoms with E-state index in [1.165, 1.54) is 42.5 Å². The second kappa shape index (κ2) is 8.76. The van der Waals surface area contributed by atoms with Crippen LogP contribution in [0.3, 0.4) is 0 Å². The summed E-state index contributed by atoms with van der Waals surface area (Å²) in [5.41, 5.74) is 4.88. The minimum atomic E-state index is -1.89. The summed E-state index contributed by atoms with van der Waals surface area (Å²) in [6.45, 7) is 0. The van der Waals surface area contributed by atoms with Gasteiger partial charge in [0.25, 0.3) is 5.91 Å². The predicted molar refractivity (Wildman–Crippen MR) is 113 cm³/mol. The van der Waals surface area contributed by atoms with Crippen molar-refractivity contribution in [1.29, 1.82) is 0 Å². The maximum atomic E-state index is 13.1. The maximum absolute atomic E-state index is 13.1. The number of rotatable bonds is 5. The number of phenols is 1. The lowest BCUT2D eigenvalue weighted by molar-refractivity contribution is -0.271. The minimum absolute atomic E-state index is 0.0457. The Kier molecular flexibility index (Phi) is 5.98. The normalized spacial score (nSPS) is 24.6. The lowest BCUT2D eigenvalue weighted by Crippen LogP contribution is -2.61. The molecular weight excluding hydrogens is 454 g/mol. The van der Waals surface area contributed by atoms with E-state index in [2.05, 4.69) is 0 Å². The third kappa shape index (κ3) is 4.06. The number of primary amides is 1. The first kappa shape index (κ1) is 23.2. The quantitative estimate of drug-likeness (QED) is 0.279. The molecule has 34 heavy (non-hydrogen) atoms. The molecule has 0 spiro atoms. The van der Waals surface area contributed by atoms with E-state index in [-0.39, 0.29) is 33.6 Å². The fourth-order valence-electron chi connectivity index (χ4n) is 3.59. The van der Waals surface area contributed by atoms with Gasteiger partial charge in [0.05, 0.1) is 10.9 Å². The molecule has 1 fully saturated rings. The highest BCUT2D eigenvalue weighted by Gasteiger charge is 2.48. The fourth-order valence-corrected chi connectivity index (χ4v) is 3.59. The fraction of sp³-hybridized carbons (Fsp3) is 0.227. The zero-order chi connectivity index (χ0) is 24.7. The highest BCUT2D eigenvalue weighted by atomic mass is 16.7. The maximum Gasteiger partial charge on any atom is 0.335 e. The Bertz CT molecular complexity index is 1320. The van der Waals surface area contributed by atoms with Crippen molar-refractivity contribution in [2.75, 3.05) is 0 Å². The molecule has 7 N–H and O–H groups in total. The highest BCUT2D eigenvalue weighted by Crippen LogP contribution is 2.30. The molecular formula is C22H19NO11. The van der Waals surface area contributed by atoms with Gasteiger partial charge < -0.3 is 45.2 Å². The Labute approximate surface area is 190 Å². The predicted octanol–water partition coefficient (Wildman–Crippen LogP) is -0.464. The van der Waals surface area contributed by atoms with Crippen LogP contribution in [0.2, 0.25) is 0 Å². The highest BCUT2D eigenvalue weighted by molar-refractivity contribution is 5.99. The molecule has 1 aromatic heterocycles. The van der Waals surface area contributed by atoms with Gasteiger partial charge in [0, 0.05) is 6.07 Å². The SMILES string of the molecule is NC(=O)c1oc2cc(O[C@H]3O[C@H](C(=O)O)[C@@H](O)[C@H](O)[C@H]3O)ccc2c(=O)c1-c1ccc(O)cc1. The van der Waals surface area contributed by atoms with Crippen molar-refractivity contribution in [2.24, 2.45) is 5.73 Å². The van der Waals surface area contributed by atoms with E-state index in [1.54, 1.807) is 0 Å². The number of benzene rings is 2. The van der Waals surface area contributed by atoms with Crippen molar-refractivity contribution < 1.29 is 49.0 Å². The standard InChI is InChI=1S/C22H19NO11/c23-20(29)18-13(8-1-3-9(24)4-2-8)14(25)11-6-5-10(7-12(11)33-18)32-22-17(28)15(26)16(27)19(34-22)21(30)31/h1-7,15-17,19,22,24,26-28H,(H2,23,29)(H,30,31)/t15-,16-,17+,19-,22-/m0/s1. The molecule has 3 aromatic rings. The van der Waals surface area contributed by atoms with Crippen LogP contribution in [-0.2, 0) is 9.53 Å². The molecule has 1 aliphatic heterocycles. The van der Waals surface area contributed by atoms with Gasteiger partial charge in [0.1, 0.15) is 35.4 Å². The van der Waals surface area contributed by atoms with Crippen LogP contribution >= 0.6 is 0 Å². The zero-order valence-corrected chi connectivity index (χ0v) is 17.2. The summed E-state index contributed by atoms with van der Waals surface area (Å²) in [6.07, 6.45) is -9.11. The van der Waals surface area contributed by atoms with Gasteiger partial charge in [0.15, 0.2) is 6.10 Å². The number of carboxylic acids is 1. The Morgan fingerprint density at radius 3 is 2.26 bits per heavy atom. The van der Waals surface area contributed by atoms with E-state index in [0.29, 0.717) is 0 Å². The Morgan fingerprint density at radius 2 is 1.65 bits per heavy atom. The molecule has 178 valence electrons. The van der Waals surface area contributed by atoms with Gasteiger partial charge in [-0.3, -0.25) is 9.59 Å². The number of phenolic OH excluding ortho intramolecular Hbond substituents is 1. The summed E-state index contributed by atoms with van der Waals surface area (Å²) in [4.78, 5) is 36.4. The zero-order valence-electron chi connectivity index (χ0n) is 17.2. The number of aliphatic hydroxyl groups excluding tert-OH is 3. The molecule has 1 amide bonds. The second-order valence-corrected chi connectivity index (χ2v) is 7.56. The van der Waals surface area contributed by atoms with Crippen molar-refractivity contribution in [3.05, 3.63) is 58.4 Å². The number of hydrogen-bond donors (Lipinski definition) is 6. The molecule has 4 rings (SSSR count). The number of aliphatic hydroxyl groups is 3. The van der Waals surface area contributed by atoms with Crippen molar-refractivity contribution in [3.63, 3.8) is 0 Å². The van der Waals surface area contributed by atoms with Crippen LogP contribution in [0.5, 0.6) is 11.5 Å². The van der Waals surface area contributed by atoms with E-state index in [9.17, 15) is 34.8 Å². The topological polar surface area (TPSA) is 210 Å². The number of carbonyl (C=O) groups excluding carboxylic acids is 1. The van der Waals surface area contributed by atoms with E-state index in [0.717, 1.165) is 0 Å². The minimum Gasteiger partial charge on any atom is -0.508 e. The molecule has 1 aliphatic rings. The van der Waals surface area contributed by atoms with Gasteiger partial charge in [0.2, 0.25) is 17.5 Å². The average Bonchev–Trinajstić information content (AvgIpc) is 2.79. The molecule has 2 aromatic carbocycles. The van der Waals surface area contributed by atoms with Gasteiger partial charge in [-0.1, -0.05) is 12.1 Å². The Balaban J connectivity index is 1.74. The van der Waals surface area contributed by atoms with Gasteiger partial charge in [-0.15, -0.1) is 0 Å². The van der Waals surface area contributed by atoms with E-state index >= 15 is 0 Å². The van der Waals surface area contributed by atoms with Gasteiger partial charge in [-0.2, -0.15) is 0 Å². The lowest BCUT2D eigenvalue weighted by Gasteiger charge is -2.38. The monoisotopic (exact) mass is 473 g/mol. The van der Waals surface area contributed by atoms with Crippen LogP contribution in [0.25, 0.3) is 22.1 Å². The molecule has 0 radical (unpaired) electrons. The van der Waals surface area contributed by atoms with Crippen LogP contribution < -0.4 is 15.9 Å². The first-order chi connectivity index (χ1) is 16.1. The van der Waals surface area contributed by atoms with Crippen LogP contribution in [0.4, 0.5) is 0 Å². The summed E-state index contributed by atoms with van der Waals surface area (Å²) >= 11 is 0. The largest absolute Gasteiger partial charge is 0.508 e. The molecule has 12 heteroatoms. The van der Waals surface area contributed by atoms with Crippen molar-refractivity contribution >= 4 is 22.8 Å².